The van der Waals surface area contributed by atoms with E-state index in [1.54, 1.807) is 24.3 Å². The summed E-state index contributed by atoms with van der Waals surface area (Å²) in [6, 6.07) is 12.8. The molecule has 0 unspecified atom stereocenters. The van der Waals surface area contributed by atoms with Crippen molar-refractivity contribution in [3.05, 3.63) is 69.2 Å². The zero-order valence-electron chi connectivity index (χ0n) is 9.58. The van der Waals surface area contributed by atoms with E-state index >= 15 is 0 Å². The predicted octanol–water partition coefficient (Wildman–Crippen LogP) is 4.18. The molecular weight excluding hydrogens is 286 g/mol. The first-order valence-electron chi connectivity index (χ1n) is 5.29. The Hall–Kier alpha value is -1.85. The van der Waals surface area contributed by atoms with Crippen molar-refractivity contribution >= 4 is 34.2 Å². The van der Waals surface area contributed by atoms with Crippen LogP contribution in [0, 0.1) is 10.1 Å². The summed E-state index contributed by atoms with van der Waals surface area (Å²) in [7, 11) is 0. The van der Waals surface area contributed by atoms with Crippen LogP contribution in [0.5, 0.6) is 0 Å². The van der Waals surface area contributed by atoms with E-state index in [4.69, 9.17) is 11.6 Å². The summed E-state index contributed by atoms with van der Waals surface area (Å²) in [5.41, 5.74) is 0.462. The van der Waals surface area contributed by atoms with Crippen LogP contribution in [0.2, 0.25) is 5.02 Å². The lowest BCUT2D eigenvalue weighted by molar-refractivity contribution is -0.384. The first kappa shape index (κ1) is 13.6. The molecule has 0 N–H and O–H groups in total. The topological polar surface area (TPSA) is 60.2 Å². The fraction of sp³-hybridized carbons (Fsp3) is 0. The number of non-ortho nitro benzene ring substituents is 1. The van der Waals surface area contributed by atoms with E-state index in [1.807, 2.05) is 6.07 Å². The summed E-state index contributed by atoms with van der Waals surface area (Å²) in [6.07, 6.45) is 0. The standard InChI is InChI=1S/C13H8ClNO3S/c14-11-8-10(15(17)18)6-7-12(11)19-13(16)9-4-2-1-3-5-9/h1-8H. The zero-order chi connectivity index (χ0) is 13.8. The number of hydrogen-bond donors (Lipinski definition) is 0. The molecule has 6 heteroatoms. The number of carbonyl (C=O) groups is 1. The molecule has 0 atom stereocenters. The fourth-order valence-corrected chi connectivity index (χ4v) is 2.46. The number of hydrogen-bond acceptors (Lipinski definition) is 4. The van der Waals surface area contributed by atoms with Crippen molar-refractivity contribution in [3.63, 3.8) is 0 Å². The van der Waals surface area contributed by atoms with Gasteiger partial charge in [-0.2, -0.15) is 0 Å². The van der Waals surface area contributed by atoms with Crippen LogP contribution in [0.25, 0.3) is 0 Å². The lowest BCUT2D eigenvalue weighted by atomic mass is 10.2. The Labute approximate surface area is 118 Å². The third-order valence-electron chi connectivity index (χ3n) is 2.34. The number of rotatable bonds is 3. The maximum absolute atomic E-state index is 12.0. The summed E-state index contributed by atoms with van der Waals surface area (Å²) >= 11 is 6.88. The van der Waals surface area contributed by atoms with Crippen molar-refractivity contribution in [2.45, 2.75) is 4.90 Å². The molecule has 0 bridgehead atoms. The predicted molar refractivity (Wildman–Crippen MR) is 74.7 cm³/mol. The summed E-state index contributed by atoms with van der Waals surface area (Å²) < 4.78 is 0. The third-order valence-corrected chi connectivity index (χ3v) is 3.76. The minimum Gasteiger partial charge on any atom is -0.281 e. The molecule has 0 radical (unpaired) electrons. The highest BCUT2D eigenvalue weighted by Crippen LogP contribution is 2.32. The number of thioether (sulfide) groups is 1. The van der Waals surface area contributed by atoms with Gasteiger partial charge in [-0.1, -0.05) is 41.9 Å². The van der Waals surface area contributed by atoms with Gasteiger partial charge in [0.2, 0.25) is 5.12 Å². The van der Waals surface area contributed by atoms with Crippen LogP contribution in [-0.4, -0.2) is 10.0 Å². The molecule has 0 amide bonds. The van der Waals surface area contributed by atoms with Crippen LogP contribution in [0.4, 0.5) is 5.69 Å². The minimum atomic E-state index is -0.528. The Bertz CT molecular complexity index is 631. The monoisotopic (exact) mass is 293 g/mol. The molecule has 2 aromatic carbocycles. The van der Waals surface area contributed by atoms with Crippen molar-refractivity contribution in [3.8, 4) is 0 Å². The largest absolute Gasteiger partial charge is 0.281 e. The van der Waals surface area contributed by atoms with Gasteiger partial charge in [-0.25, -0.2) is 0 Å². The Morgan fingerprint density at radius 3 is 2.42 bits per heavy atom. The SMILES string of the molecule is O=C(Sc1ccc([N+](=O)[O-])cc1Cl)c1ccccc1. The van der Waals surface area contributed by atoms with Crippen molar-refractivity contribution < 1.29 is 9.72 Å². The van der Waals surface area contributed by atoms with E-state index in [0.29, 0.717) is 10.5 Å². The number of nitro benzene ring substituents is 1. The van der Waals surface area contributed by atoms with Gasteiger partial charge in [-0.05, 0) is 17.8 Å². The Morgan fingerprint density at radius 2 is 1.84 bits per heavy atom. The lowest BCUT2D eigenvalue weighted by Crippen LogP contribution is -1.93. The Balaban J connectivity index is 2.20. The lowest BCUT2D eigenvalue weighted by Gasteiger charge is -2.03. The van der Waals surface area contributed by atoms with Gasteiger partial charge < -0.3 is 0 Å². The molecule has 0 aliphatic rings. The average Bonchev–Trinajstić information content (AvgIpc) is 2.41. The first-order chi connectivity index (χ1) is 9.08. The van der Waals surface area contributed by atoms with Gasteiger partial charge in [0.15, 0.2) is 0 Å². The van der Waals surface area contributed by atoms with E-state index < -0.39 is 4.92 Å². The van der Waals surface area contributed by atoms with Crippen LogP contribution >= 0.6 is 23.4 Å². The quantitative estimate of drug-likeness (QED) is 0.484. The van der Waals surface area contributed by atoms with E-state index in [9.17, 15) is 14.9 Å². The van der Waals surface area contributed by atoms with Crippen molar-refractivity contribution in [2.24, 2.45) is 0 Å². The van der Waals surface area contributed by atoms with E-state index in [-0.39, 0.29) is 15.8 Å². The van der Waals surface area contributed by atoms with Gasteiger partial charge in [0, 0.05) is 22.6 Å². The Kier molecular flexibility index (Phi) is 4.19. The smallest absolute Gasteiger partial charge is 0.270 e. The van der Waals surface area contributed by atoms with Crippen molar-refractivity contribution in [1.29, 1.82) is 0 Å². The van der Waals surface area contributed by atoms with Crippen LogP contribution in [0.15, 0.2) is 53.4 Å². The molecule has 0 aliphatic carbocycles. The minimum absolute atomic E-state index is 0.0958. The van der Waals surface area contributed by atoms with E-state index in [2.05, 4.69) is 0 Å². The van der Waals surface area contributed by atoms with Gasteiger partial charge >= 0.3 is 0 Å². The maximum atomic E-state index is 12.0. The van der Waals surface area contributed by atoms with E-state index in [0.717, 1.165) is 11.8 Å². The van der Waals surface area contributed by atoms with Crippen LogP contribution < -0.4 is 0 Å². The molecule has 0 aliphatic heterocycles. The normalized spacial score (nSPS) is 10.2. The van der Waals surface area contributed by atoms with Gasteiger partial charge in [-0.3, -0.25) is 14.9 Å². The molecule has 0 fully saturated rings. The summed E-state index contributed by atoms with van der Waals surface area (Å²) in [6.45, 7) is 0. The third kappa shape index (κ3) is 3.33. The molecule has 96 valence electrons. The second-order valence-corrected chi connectivity index (χ2v) is 5.05. The number of nitro groups is 1. The number of nitrogens with zero attached hydrogens (tertiary/aromatic N) is 1. The molecule has 4 nitrogen and oxygen atoms in total. The highest BCUT2D eigenvalue weighted by atomic mass is 35.5. The van der Waals surface area contributed by atoms with Crippen LogP contribution in [0.1, 0.15) is 10.4 Å². The molecule has 0 saturated carbocycles. The highest BCUT2D eigenvalue weighted by Gasteiger charge is 2.13. The van der Waals surface area contributed by atoms with Crippen LogP contribution in [0.3, 0.4) is 0 Å². The summed E-state index contributed by atoms with van der Waals surface area (Å²) in [5.74, 6) is 0. The molecule has 2 aromatic rings. The highest BCUT2D eigenvalue weighted by molar-refractivity contribution is 8.14. The van der Waals surface area contributed by atoms with E-state index in [1.165, 1.54) is 18.2 Å². The Morgan fingerprint density at radius 1 is 1.16 bits per heavy atom. The summed E-state index contributed by atoms with van der Waals surface area (Å²) in [5, 5.41) is 10.6. The molecule has 0 spiro atoms. The average molecular weight is 294 g/mol. The van der Waals surface area contributed by atoms with Gasteiger partial charge in [0.25, 0.3) is 5.69 Å². The zero-order valence-corrected chi connectivity index (χ0v) is 11.1. The van der Waals surface area contributed by atoms with Gasteiger partial charge in [0.05, 0.1) is 9.95 Å². The fourth-order valence-electron chi connectivity index (χ4n) is 1.42. The molecular formula is C13H8ClNO3S. The molecule has 0 aromatic heterocycles. The molecule has 0 saturated heterocycles. The van der Waals surface area contributed by atoms with Crippen molar-refractivity contribution in [2.75, 3.05) is 0 Å². The van der Waals surface area contributed by atoms with Gasteiger partial charge in [0.1, 0.15) is 0 Å². The molecule has 2 rings (SSSR count). The number of carbonyl (C=O) groups excluding carboxylic acids is 1. The van der Waals surface area contributed by atoms with Crippen LogP contribution in [-0.2, 0) is 0 Å². The summed E-state index contributed by atoms with van der Waals surface area (Å²) in [4.78, 5) is 22.5. The second-order valence-electron chi connectivity index (χ2n) is 3.63. The second kappa shape index (κ2) is 5.86. The first-order valence-corrected chi connectivity index (χ1v) is 6.48. The van der Waals surface area contributed by atoms with Gasteiger partial charge in [-0.15, -0.1) is 0 Å². The molecule has 0 heterocycles. The number of halogens is 1. The number of benzene rings is 2. The molecule has 19 heavy (non-hydrogen) atoms. The maximum Gasteiger partial charge on any atom is 0.270 e. The van der Waals surface area contributed by atoms with Crippen molar-refractivity contribution in [1.82, 2.24) is 0 Å².